The van der Waals surface area contributed by atoms with Gasteiger partial charge in [0.1, 0.15) is 0 Å². The number of piperazine rings is 1. The number of nitrogens with one attached hydrogen (secondary N) is 2. The Morgan fingerprint density at radius 3 is 2.58 bits per heavy atom. The lowest BCUT2D eigenvalue weighted by Gasteiger charge is -2.35. The molecule has 2 amide bonds. The first-order chi connectivity index (χ1) is 20.7. The van der Waals surface area contributed by atoms with Gasteiger partial charge in [0, 0.05) is 56.9 Å². The van der Waals surface area contributed by atoms with Crippen molar-refractivity contribution in [1.29, 1.82) is 0 Å². The number of aliphatic hydroxyl groups is 1. The number of rotatable bonds is 9. The molecule has 1 unspecified atom stereocenters. The van der Waals surface area contributed by atoms with Crippen molar-refractivity contribution < 1.29 is 32.6 Å². The standard InChI is InChI=1S/C29H32ClF3N6O4/c1-37-22(20-6-7-23(43-16-31)26(33)25(20)32)15-35-27(37)28(41)36-18-4-5-19(21(30)13-18)29(42)39-11-9-38(10-12-39)24(40)14-17-3-2-8-34-17/h4-7,13,15,17,28,34,36,41H,2-3,8-12,14,16H2,1H3/t17-,28?/m0/s1. The van der Waals surface area contributed by atoms with Gasteiger partial charge in [0.25, 0.3) is 5.91 Å². The molecule has 0 spiro atoms. The molecule has 5 rings (SSSR count). The molecular weight excluding hydrogens is 589 g/mol. The molecule has 3 heterocycles. The van der Waals surface area contributed by atoms with Crippen molar-refractivity contribution in [3.63, 3.8) is 0 Å². The second-order valence-electron chi connectivity index (χ2n) is 10.5. The summed E-state index contributed by atoms with van der Waals surface area (Å²) < 4.78 is 47.2. The van der Waals surface area contributed by atoms with Crippen LogP contribution in [0.5, 0.6) is 5.75 Å². The number of aliphatic hydroxyl groups excluding tert-OH is 1. The van der Waals surface area contributed by atoms with E-state index in [9.17, 15) is 27.9 Å². The molecule has 2 aliphatic heterocycles. The fraction of sp³-hybridized carbons (Fsp3) is 0.414. The maximum absolute atomic E-state index is 14.7. The summed E-state index contributed by atoms with van der Waals surface area (Å²) in [6, 6.07) is 7.19. The zero-order valence-electron chi connectivity index (χ0n) is 23.5. The molecule has 2 aromatic carbocycles. The van der Waals surface area contributed by atoms with Crippen LogP contribution in [0.25, 0.3) is 11.3 Å². The lowest BCUT2D eigenvalue weighted by Crippen LogP contribution is -2.51. The van der Waals surface area contributed by atoms with Crippen LogP contribution < -0.4 is 15.4 Å². The molecule has 0 saturated carbocycles. The van der Waals surface area contributed by atoms with E-state index in [-0.39, 0.29) is 45.5 Å². The molecule has 0 bridgehead atoms. The average Bonchev–Trinajstić information content (AvgIpc) is 3.65. The zero-order chi connectivity index (χ0) is 30.7. The second kappa shape index (κ2) is 13.2. The van der Waals surface area contributed by atoms with Crippen molar-refractivity contribution in [2.24, 2.45) is 7.05 Å². The Hall–Kier alpha value is -3.81. The number of ether oxygens (including phenoxy) is 1. The molecule has 0 radical (unpaired) electrons. The number of carbonyl (C=O) groups excluding carboxylic acids is 2. The molecule has 3 N–H and O–H groups in total. The SMILES string of the molecule is Cn1c(-c2ccc(OCF)c(F)c2F)cnc1C(O)Nc1ccc(C(=O)N2CCN(C(=O)C[C@@H]3CCCN3)CC2)c(Cl)c1. The number of hydrogen-bond donors (Lipinski definition) is 3. The van der Waals surface area contributed by atoms with Crippen LogP contribution in [0.15, 0.2) is 36.5 Å². The predicted molar refractivity (Wildman–Crippen MR) is 153 cm³/mol. The summed E-state index contributed by atoms with van der Waals surface area (Å²) >= 11 is 6.46. The van der Waals surface area contributed by atoms with E-state index in [2.05, 4.69) is 20.4 Å². The Morgan fingerprint density at radius 2 is 1.91 bits per heavy atom. The predicted octanol–water partition coefficient (Wildman–Crippen LogP) is 3.85. The zero-order valence-corrected chi connectivity index (χ0v) is 24.2. The van der Waals surface area contributed by atoms with E-state index in [0.29, 0.717) is 38.3 Å². The largest absolute Gasteiger partial charge is 0.460 e. The summed E-state index contributed by atoms with van der Waals surface area (Å²) in [6.45, 7) is 1.35. The summed E-state index contributed by atoms with van der Waals surface area (Å²) in [4.78, 5) is 33.4. The molecule has 10 nitrogen and oxygen atoms in total. The first kappa shape index (κ1) is 30.6. The monoisotopic (exact) mass is 620 g/mol. The van der Waals surface area contributed by atoms with Gasteiger partial charge in [0.2, 0.25) is 18.6 Å². The summed E-state index contributed by atoms with van der Waals surface area (Å²) in [5.74, 6) is -3.22. The van der Waals surface area contributed by atoms with Crippen molar-refractivity contribution >= 4 is 29.1 Å². The van der Waals surface area contributed by atoms with Gasteiger partial charge in [0.15, 0.2) is 23.6 Å². The number of alkyl halides is 1. The Labute approximate surface area is 251 Å². The number of hydrogen-bond acceptors (Lipinski definition) is 7. The first-order valence-electron chi connectivity index (χ1n) is 13.9. The third kappa shape index (κ3) is 6.58. The van der Waals surface area contributed by atoms with E-state index in [1.165, 1.54) is 29.9 Å². The molecule has 14 heteroatoms. The topological polar surface area (TPSA) is 112 Å². The maximum atomic E-state index is 14.7. The first-order valence-corrected chi connectivity index (χ1v) is 14.3. The Bertz CT molecular complexity index is 1490. The van der Waals surface area contributed by atoms with Gasteiger partial charge < -0.3 is 34.8 Å². The highest BCUT2D eigenvalue weighted by Gasteiger charge is 2.28. The van der Waals surface area contributed by atoms with E-state index in [1.807, 2.05) is 0 Å². The van der Waals surface area contributed by atoms with Gasteiger partial charge in [-0.3, -0.25) is 9.59 Å². The molecule has 2 aliphatic rings. The molecule has 43 heavy (non-hydrogen) atoms. The quantitative estimate of drug-likeness (QED) is 0.312. The fourth-order valence-electron chi connectivity index (χ4n) is 5.43. The lowest BCUT2D eigenvalue weighted by atomic mass is 10.1. The number of aromatic nitrogens is 2. The van der Waals surface area contributed by atoms with Crippen molar-refractivity contribution in [3.05, 3.63) is 64.6 Å². The second-order valence-corrected chi connectivity index (χ2v) is 10.9. The number of amides is 2. The van der Waals surface area contributed by atoms with Crippen LogP contribution in [-0.2, 0) is 11.8 Å². The number of halogens is 4. The lowest BCUT2D eigenvalue weighted by molar-refractivity contribution is -0.133. The molecule has 230 valence electrons. The highest BCUT2D eigenvalue weighted by atomic mass is 35.5. The Morgan fingerprint density at radius 1 is 1.16 bits per heavy atom. The summed E-state index contributed by atoms with van der Waals surface area (Å²) in [5.41, 5.74) is 0.683. The van der Waals surface area contributed by atoms with E-state index in [4.69, 9.17) is 11.6 Å². The smallest absolute Gasteiger partial charge is 0.255 e. The van der Waals surface area contributed by atoms with Gasteiger partial charge >= 0.3 is 0 Å². The summed E-state index contributed by atoms with van der Waals surface area (Å²) in [5, 5.41) is 17.1. The number of anilines is 1. The molecule has 2 atom stereocenters. The molecular formula is C29H32ClF3N6O4. The van der Waals surface area contributed by atoms with Gasteiger partial charge in [-0.25, -0.2) is 13.8 Å². The van der Waals surface area contributed by atoms with Gasteiger partial charge in [-0.2, -0.15) is 4.39 Å². The van der Waals surface area contributed by atoms with Crippen LogP contribution in [0.2, 0.25) is 5.02 Å². The van der Waals surface area contributed by atoms with Crippen LogP contribution in [0.4, 0.5) is 18.9 Å². The van der Waals surface area contributed by atoms with Crippen LogP contribution in [0.3, 0.4) is 0 Å². The van der Waals surface area contributed by atoms with Gasteiger partial charge in [0.05, 0.1) is 22.5 Å². The summed E-state index contributed by atoms with van der Waals surface area (Å²) in [7, 11) is 1.51. The maximum Gasteiger partial charge on any atom is 0.255 e. The number of nitrogens with zero attached hydrogens (tertiary/aromatic N) is 4. The van der Waals surface area contributed by atoms with Crippen molar-refractivity contribution in [1.82, 2.24) is 24.7 Å². The summed E-state index contributed by atoms with van der Waals surface area (Å²) in [6.07, 6.45) is 2.45. The highest BCUT2D eigenvalue weighted by Crippen LogP contribution is 2.32. The Balaban J connectivity index is 1.20. The van der Waals surface area contributed by atoms with E-state index >= 15 is 0 Å². The van der Waals surface area contributed by atoms with Crippen molar-refractivity contribution in [2.45, 2.75) is 31.5 Å². The van der Waals surface area contributed by atoms with Crippen molar-refractivity contribution in [3.8, 4) is 17.0 Å². The fourth-order valence-corrected chi connectivity index (χ4v) is 5.69. The van der Waals surface area contributed by atoms with Crippen LogP contribution in [0, 0.1) is 11.6 Å². The van der Waals surface area contributed by atoms with E-state index in [1.54, 1.807) is 21.9 Å². The minimum Gasteiger partial charge on any atom is -0.460 e. The third-order valence-corrected chi connectivity index (χ3v) is 8.12. The molecule has 2 saturated heterocycles. The average molecular weight is 621 g/mol. The molecule has 1 aromatic heterocycles. The number of carbonyl (C=O) groups is 2. The van der Waals surface area contributed by atoms with Gasteiger partial charge in [-0.05, 0) is 49.7 Å². The van der Waals surface area contributed by atoms with Crippen LogP contribution >= 0.6 is 11.6 Å². The van der Waals surface area contributed by atoms with E-state index < -0.39 is 30.5 Å². The Kier molecular flexibility index (Phi) is 9.43. The number of imidazole rings is 1. The van der Waals surface area contributed by atoms with Crippen molar-refractivity contribution in [2.75, 3.05) is 44.9 Å². The number of benzene rings is 2. The molecule has 2 fully saturated rings. The van der Waals surface area contributed by atoms with Gasteiger partial charge in [-0.1, -0.05) is 11.6 Å². The van der Waals surface area contributed by atoms with Gasteiger partial charge in [-0.15, -0.1) is 0 Å². The highest BCUT2D eigenvalue weighted by molar-refractivity contribution is 6.34. The van der Waals surface area contributed by atoms with E-state index in [0.717, 1.165) is 25.5 Å². The minimum absolute atomic E-state index is 0.0892. The third-order valence-electron chi connectivity index (χ3n) is 7.81. The van der Waals surface area contributed by atoms with Crippen LogP contribution in [0.1, 0.15) is 41.7 Å². The molecule has 0 aliphatic carbocycles. The van der Waals surface area contributed by atoms with Crippen LogP contribution in [-0.4, -0.2) is 81.9 Å². The minimum atomic E-state index is -1.37. The molecule has 3 aromatic rings. The normalized spacial score (nSPS) is 17.7.